The maximum atomic E-state index is 15.4. The van der Waals surface area contributed by atoms with Crippen LogP contribution in [-0.4, -0.2) is 38.0 Å². The first-order valence-electron chi connectivity index (χ1n) is 16.1. The van der Waals surface area contributed by atoms with Crippen LogP contribution < -0.4 is 0 Å². The molecule has 0 radical (unpaired) electrons. The smallest absolute Gasteiger partial charge is 0.335 e. The van der Waals surface area contributed by atoms with Crippen molar-refractivity contribution in [2.24, 2.45) is 23.7 Å². The van der Waals surface area contributed by atoms with Crippen molar-refractivity contribution in [1.82, 2.24) is 0 Å². The van der Waals surface area contributed by atoms with Crippen molar-refractivity contribution in [2.75, 3.05) is 26.9 Å². The number of hydrogen-bond donors (Lipinski definition) is 1. The topological polar surface area (TPSA) is 55.8 Å². The van der Waals surface area contributed by atoms with Gasteiger partial charge in [0.25, 0.3) is 0 Å². The van der Waals surface area contributed by atoms with Crippen LogP contribution in [0.5, 0.6) is 0 Å². The second-order valence-electron chi connectivity index (χ2n) is 12.8. The lowest BCUT2D eigenvalue weighted by molar-refractivity contribution is -0.142. The van der Waals surface area contributed by atoms with Crippen LogP contribution in [0.3, 0.4) is 0 Å². The molecular formula is C36H46F4O4. The van der Waals surface area contributed by atoms with Gasteiger partial charge < -0.3 is 14.6 Å². The van der Waals surface area contributed by atoms with E-state index in [-0.39, 0.29) is 35.1 Å². The minimum absolute atomic E-state index is 0.0251. The van der Waals surface area contributed by atoms with E-state index >= 15 is 8.78 Å². The van der Waals surface area contributed by atoms with Gasteiger partial charge >= 0.3 is 5.97 Å². The van der Waals surface area contributed by atoms with Gasteiger partial charge in [-0.2, -0.15) is 0 Å². The van der Waals surface area contributed by atoms with Crippen LogP contribution in [0.25, 0.3) is 11.1 Å². The van der Waals surface area contributed by atoms with Gasteiger partial charge in [0.2, 0.25) is 0 Å². The van der Waals surface area contributed by atoms with Crippen LogP contribution in [0.1, 0.15) is 88.2 Å². The standard InChI is InChI=1S/C36H46F4O4/c1-4-5-6-23-15-30(37)35(31(38)16-23)28-17-32(39)34(33(40)18-28)27-13-11-25(12-14-27)24-7-9-26(10-8-24)29(20-43-3)21-44-36(42)22(2)19-41/h15-18,24-27,29,41H,2,4-14,19-21H2,1,3H3. The van der Waals surface area contributed by atoms with E-state index in [1.807, 2.05) is 6.92 Å². The van der Waals surface area contributed by atoms with E-state index in [0.29, 0.717) is 49.2 Å². The predicted molar refractivity (Wildman–Crippen MR) is 163 cm³/mol. The van der Waals surface area contributed by atoms with E-state index in [1.165, 1.54) is 12.1 Å². The summed E-state index contributed by atoms with van der Waals surface area (Å²) in [5.74, 6) is -2.50. The van der Waals surface area contributed by atoms with Gasteiger partial charge in [0.1, 0.15) is 23.3 Å². The fraction of sp³-hybridized carbons (Fsp3) is 0.583. The molecule has 2 aliphatic carbocycles. The van der Waals surface area contributed by atoms with Crippen molar-refractivity contribution in [3.05, 3.63) is 70.8 Å². The number of benzene rings is 2. The number of unbranched alkanes of at least 4 members (excludes halogenated alkanes) is 1. The summed E-state index contributed by atoms with van der Waals surface area (Å²) in [6.07, 6.45) is 9.42. The Morgan fingerprint density at radius 3 is 1.98 bits per heavy atom. The molecule has 2 fully saturated rings. The zero-order valence-corrected chi connectivity index (χ0v) is 26.0. The molecule has 1 unspecified atom stereocenters. The first-order valence-corrected chi connectivity index (χ1v) is 16.1. The van der Waals surface area contributed by atoms with Crippen LogP contribution in [0.4, 0.5) is 17.6 Å². The van der Waals surface area contributed by atoms with Crippen molar-refractivity contribution in [3.8, 4) is 11.1 Å². The first-order chi connectivity index (χ1) is 21.2. The quantitative estimate of drug-likeness (QED) is 0.139. The van der Waals surface area contributed by atoms with Crippen molar-refractivity contribution < 1.29 is 36.9 Å². The third kappa shape index (κ3) is 8.30. The maximum absolute atomic E-state index is 15.4. The summed E-state index contributed by atoms with van der Waals surface area (Å²) in [6.45, 7) is 5.79. The number of methoxy groups -OCH3 is 1. The Morgan fingerprint density at radius 2 is 1.45 bits per heavy atom. The molecule has 1 atom stereocenters. The lowest BCUT2D eigenvalue weighted by Gasteiger charge is -2.39. The minimum atomic E-state index is -0.806. The number of esters is 1. The molecule has 2 saturated carbocycles. The van der Waals surface area contributed by atoms with Gasteiger partial charge in [0.05, 0.1) is 31.0 Å². The monoisotopic (exact) mass is 618 g/mol. The average Bonchev–Trinajstić information content (AvgIpc) is 3.01. The maximum Gasteiger partial charge on any atom is 0.335 e. The molecule has 4 rings (SSSR count). The van der Waals surface area contributed by atoms with Gasteiger partial charge in [-0.25, -0.2) is 22.4 Å². The van der Waals surface area contributed by atoms with E-state index in [1.54, 1.807) is 7.11 Å². The number of hydrogen-bond acceptors (Lipinski definition) is 4. The van der Waals surface area contributed by atoms with Crippen LogP contribution in [0, 0.1) is 46.9 Å². The Balaban J connectivity index is 1.34. The number of carbonyl (C=O) groups is 1. The van der Waals surface area contributed by atoms with Crippen molar-refractivity contribution in [2.45, 2.75) is 83.5 Å². The Kier molecular flexibility index (Phi) is 12.4. The molecule has 2 aromatic rings. The molecule has 242 valence electrons. The number of rotatable bonds is 13. The zero-order chi connectivity index (χ0) is 31.8. The average molecular weight is 619 g/mol. The third-order valence-corrected chi connectivity index (χ3v) is 9.91. The highest BCUT2D eigenvalue weighted by Gasteiger charge is 2.35. The normalized spacial score (nSPS) is 22.9. The predicted octanol–water partition coefficient (Wildman–Crippen LogP) is 8.69. The lowest BCUT2D eigenvalue weighted by Crippen LogP contribution is -2.32. The first kappa shape index (κ1) is 34.2. The Morgan fingerprint density at radius 1 is 0.886 bits per heavy atom. The van der Waals surface area contributed by atoms with E-state index in [9.17, 15) is 13.6 Å². The summed E-state index contributed by atoms with van der Waals surface area (Å²) in [5.41, 5.74) is 0.0830. The second kappa shape index (κ2) is 16.0. The van der Waals surface area contributed by atoms with Crippen molar-refractivity contribution in [1.29, 1.82) is 0 Å². The summed E-state index contributed by atoms with van der Waals surface area (Å²) in [4.78, 5) is 11.9. The number of aliphatic hydroxyl groups excluding tert-OH is 1. The number of aliphatic hydroxyl groups is 1. The van der Waals surface area contributed by atoms with Gasteiger partial charge in [0, 0.05) is 18.6 Å². The summed E-state index contributed by atoms with van der Waals surface area (Å²) in [7, 11) is 1.63. The summed E-state index contributed by atoms with van der Waals surface area (Å²) in [6, 6.07) is 4.67. The molecule has 0 heterocycles. The van der Waals surface area contributed by atoms with Crippen molar-refractivity contribution >= 4 is 5.97 Å². The van der Waals surface area contributed by atoms with Gasteiger partial charge in [-0.05, 0) is 123 Å². The molecule has 0 aromatic heterocycles. The highest BCUT2D eigenvalue weighted by molar-refractivity contribution is 5.87. The fourth-order valence-electron chi connectivity index (χ4n) is 7.40. The number of aryl methyl sites for hydroxylation is 1. The minimum Gasteiger partial charge on any atom is -0.462 e. The Bertz CT molecular complexity index is 1230. The molecule has 0 saturated heterocycles. The summed E-state index contributed by atoms with van der Waals surface area (Å²) in [5, 5.41) is 9.10. The molecule has 0 bridgehead atoms. The molecule has 0 aliphatic heterocycles. The number of halogens is 4. The second-order valence-corrected chi connectivity index (χ2v) is 12.8. The van der Waals surface area contributed by atoms with Crippen molar-refractivity contribution in [3.63, 3.8) is 0 Å². The molecule has 2 aromatic carbocycles. The molecule has 2 aliphatic rings. The molecule has 8 heteroatoms. The highest BCUT2D eigenvalue weighted by atomic mass is 19.1. The van der Waals surface area contributed by atoms with E-state index in [4.69, 9.17) is 14.6 Å². The van der Waals surface area contributed by atoms with Gasteiger partial charge in [0.15, 0.2) is 0 Å². The van der Waals surface area contributed by atoms with Gasteiger partial charge in [-0.1, -0.05) is 19.9 Å². The van der Waals surface area contributed by atoms with E-state index < -0.39 is 41.4 Å². The SMILES string of the molecule is C=C(CO)C(=O)OCC(COC)C1CCC(C2CCC(c3c(F)cc(-c4c(F)cc(CCCC)cc4F)cc3F)CC2)CC1. The molecule has 0 spiro atoms. The van der Waals surface area contributed by atoms with E-state index in [0.717, 1.165) is 63.5 Å². The zero-order valence-electron chi connectivity index (χ0n) is 26.0. The number of carbonyl (C=O) groups excluding carboxylic acids is 1. The van der Waals surface area contributed by atoms with Crippen LogP contribution >= 0.6 is 0 Å². The van der Waals surface area contributed by atoms with Gasteiger partial charge in [-0.3, -0.25) is 0 Å². The molecule has 1 N–H and O–H groups in total. The molecule has 44 heavy (non-hydrogen) atoms. The number of ether oxygens (including phenoxy) is 2. The van der Waals surface area contributed by atoms with E-state index in [2.05, 4.69) is 6.58 Å². The lowest BCUT2D eigenvalue weighted by atomic mass is 9.67. The fourth-order valence-corrected chi connectivity index (χ4v) is 7.40. The molecular weight excluding hydrogens is 572 g/mol. The summed E-state index contributed by atoms with van der Waals surface area (Å²) >= 11 is 0. The van der Waals surface area contributed by atoms with Crippen LogP contribution in [0.15, 0.2) is 36.4 Å². The Hall–Kier alpha value is -2.71. The third-order valence-electron chi connectivity index (χ3n) is 9.91. The highest BCUT2D eigenvalue weighted by Crippen LogP contribution is 2.46. The van der Waals surface area contributed by atoms with Crippen LogP contribution in [0.2, 0.25) is 0 Å². The molecule has 4 nitrogen and oxygen atoms in total. The molecule has 0 amide bonds. The largest absolute Gasteiger partial charge is 0.462 e. The Labute approximate surface area is 258 Å². The van der Waals surface area contributed by atoms with Crippen LogP contribution in [-0.2, 0) is 20.7 Å². The van der Waals surface area contributed by atoms with Gasteiger partial charge in [-0.15, -0.1) is 0 Å². The summed E-state index contributed by atoms with van der Waals surface area (Å²) < 4.78 is 71.2.